The Morgan fingerprint density at radius 2 is 2.28 bits per heavy atom. The van der Waals surface area contributed by atoms with Gasteiger partial charge in [0.15, 0.2) is 0 Å². The van der Waals surface area contributed by atoms with E-state index in [-0.39, 0.29) is 5.91 Å². The SMILES string of the molecule is CC(CNC(=O)c1sccc1N)CN1CCCC1. The van der Waals surface area contributed by atoms with E-state index < -0.39 is 0 Å². The maximum absolute atomic E-state index is 11.9. The summed E-state index contributed by atoms with van der Waals surface area (Å²) in [6.07, 6.45) is 2.62. The lowest BCUT2D eigenvalue weighted by Crippen LogP contribution is -2.34. The summed E-state index contributed by atoms with van der Waals surface area (Å²) in [6, 6.07) is 1.77. The van der Waals surface area contributed by atoms with Gasteiger partial charge in [-0.1, -0.05) is 6.92 Å². The molecule has 3 N–H and O–H groups in total. The second kappa shape index (κ2) is 6.20. The molecule has 0 spiro atoms. The third-order valence-electron chi connectivity index (χ3n) is 3.28. The van der Waals surface area contributed by atoms with Crippen LogP contribution in [0.25, 0.3) is 0 Å². The lowest BCUT2D eigenvalue weighted by atomic mass is 10.1. The maximum atomic E-state index is 11.9. The molecule has 1 aromatic rings. The Morgan fingerprint density at radius 1 is 1.56 bits per heavy atom. The summed E-state index contributed by atoms with van der Waals surface area (Å²) in [5.41, 5.74) is 6.30. The monoisotopic (exact) mass is 267 g/mol. The number of carbonyl (C=O) groups is 1. The third kappa shape index (κ3) is 3.46. The van der Waals surface area contributed by atoms with Crippen LogP contribution in [0.4, 0.5) is 5.69 Å². The number of nitrogens with two attached hydrogens (primary N) is 1. The van der Waals surface area contributed by atoms with E-state index in [2.05, 4.69) is 17.1 Å². The molecule has 2 rings (SSSR count). The van der Waals surface area contributed by atoms with Crippen molar-refractivity contribution < 1.29 is 4.79 Å². The maximum Gasteiger partial charge on any atom is 0.263 e. The molecule has 0 bridgehead atoms. The van der Waals surface area contributed by atoms with Gasteiger partial charge in [0.25, 0.3) is 5.91 Å². The minimum absolute atomic E-state index is 0.0456. The number of amides is 1. The molecule has 0 radical (unpaired) electrons. The highest BCUT2D eigenvalue weighted by Crippen LogP contribution is 2.18. The van der Waals surface area contributed by atoms with Gasteiger partial charge in [-0.15, -0.1) is 11.3 Å². The van der Waals surface area contributed by atoms with Gasteiger partial charge >= 0.3 is 0 Å². The molecule has 1 aliphatic rings. The Morgan fingerprint density at radius 3 is 2.89 bits per heavy atom. The number of nitrogens with one attached hydrogen (secondary N) is 1. The molecule has 18 heavy (non-hydrogen) atoms. The number of hydrogen-bond donors (Lipinski definition) is 2. The summed E-state index contributed by atoms with van der Waals surface area (Å²) in [6.45, 7) is 6.37. The van der Waals surface area contributed by atoms with Gasteiger partial charge in [-0.25, -0.2) is 0 Å². The fourth-order valence-electron chi connectivity index (χ4n) is 2.32. The van der Waals surface area contributed by atoms with Gasteiger partial charge in [0, 0.05) is 13.1 Å². The molecule has 1 saturated heterocycles. The van der Waals surface area contributed by atoms with Crippen molar-refractivity contribution in [3.05, 3.63) is 16.3 Å². The van der Waals surface area contributed by atoms with Crippen molar-refractivity contribution in [1.29, 1.82) is 0 Å². The van der Waals surface area contributed by atoms with Gasteiger partial charge in [0.2, 0.25) is 0 Å². The standard InChI is InChI=1S/C13H21N3OS/c1-10(9-16-5-2-3-6-16)8-15-13(17)12-11(14)4-7-18-12/h4,7,10H,2-3,5-6,8-9,14H2,1H3,(H,15,17). The molecule has 1 aromatic heterocycles. The van der Waals surface area contributed by atoms with E-state index in [1.54, 1.807) is 6.07 Å². The minimum atomic E-state index is -0.0456. The van der Waals surface area contributed by atoms with Crippen LogP contribution in [0.2, 0.25) is 0 Å². The molecule has 1 unspecified atom stereocenters. The Bertz CT molecular complexity index is 399. The second-order valence-electron chi connectivity index (χ2n) is 5.03. The van der Waals surface area contributed by atoms with Crippen molar-refractivity contribution >= 4 is 22.9 Å². The Labute approximate surface area is 112 Å². The van der Waals surface area contributed by atoms with Crippen molar-refractivity contribution in [1.82, 2.24) is 10.2 Å². The highest BCUT2D eigenvalue weighted by Gasteiger charge is 2.16. The fraction of sp³-hybridized carbons (Fsp3) is 0.615. The Kier molecular flexibility index (Phi) is 4.60. The normalized spacial score (nSPS) is 17.8. The van der Waals surface area contributed by atoms with Crippen molar-refractivity contribution in [2.45, 2.75) is 19.8 Å². The topological polar surface area (TPSA) is 58.4 Å². The summed E-state index contributed by atoms with van der Waals surface area (Å²) in [5, 5.41) is 4.81. The molecule has 2 heterocycles. The lowest BCUT2D eigenvalue weighted by Gasteiger charge is -2.20. The van der Waals surface area contributed by atoms with Crippen LogP contribution in [-0.2, 0) is 0 Å². The van der Waals surface area contributed by atoms with Gasteiger partial charge in [0.1, 0.15) is 4.88 Å². The zero-order valence-corrected chi connectivity index (χ0v) is 11.6. The highest BCUT2D eigenvalue weighted by molar-refractivity contribution is 7.12. The molecule has 0 saturated carbocycles. The minimum Gasteiger partial charge on any atom is -0.397 e. The van der Waals surface area contributed by atoms with Gasteiger partial charge in [-0.05, 0) is 43.3 Å². The molecule has 1 atom stereocenters. The number of rotatable bonds is 5. The first kappa shape index (κ1) is 13.4. The highest BCUT2D eigenvalue weighted by atomic mass is 32.1. The van der Waals surface area contributed by atoms with Crippen LogP contribution in [0.3, 0.4) is 0 Å². The zero-order chi connectivity index (χ0) is 13.0. The van der Waals surface area contributed by atoms with Crippen molar-refractivity contribution in [2.24, 2.45) is 5.92 Å². The van der Waals surface area contributed by atoms with Crippen LogP contribution in [0.5, 0.6) is 0 Å². The molecule has 0 aliphatic carbocycles. The number of nitrogens with zero attached hydrogens (tertiary/aromatic N) is 1. The van der Waals surface area contributed by atoms with E-state index in [0.717, 1.165) is 6.54 Å². The van der Waals surface area contributed by atoms with E-state index in [4.69, 9.17) is 5.73 Å². The smallest absolute Gasteiger partial charge is 0.263 e. The molecule has 100 valence electrons. The number of nitrogen functional groups attached to an aromatic ring is 1. The van der Waals surface area contributed by atoms with Crippen LogP contribution in [0, 0.1) is 5.92 Å². The molecule has 1 aliphatic heterocycles. The summed E-state index contributed by atoms with van der Waals surface area (Å²) >= 11 is 1.39. The summed E-state index contributed by atoms with van der Waals surface area (Å²) < 4.78 is 0. The first-order chi connectivity index (χ1) is 8.66. The second-order valence-corrected chi connectivity index (χ2v) is 5.94. The number of hydrogen-bond acceptors (Lipinski definition) is 4. The quantitative estimate of drug-likeness (QED) is 0.855. The van der Waals surface area contributed by atoms with Gasteiger partial charge in [-0.3, -0.25) is 4.79 Å². The first-order valence-electron chi connectivity index (χ1n) is 6.50. The third-order valence-corrected chi connectivity index (χ3v) is 4.21. The largest absolute Gasteiger partial charge is 0.397 e. The summed E-state index contributed by atoms with van der Waals surface area (Å²) in [5.74, 6) is 0.434. The van der Waals surface area contributed by atoms with Crippen LogP contribution in [-0.4, -0.2) is 37.0 Å². The van der Waals surface area contributed by atoms with E-state index in [0.29, 0.717) is 23.0 Å². The van der Waals surface area contributed by atoms with Crippen LogP contribution in [0.15, 0.2) is 11.4 Å². The van der Waals surface area contributed by atoms with E-state index >= 15 is 0 Å². The van der Waals surface area contributed by atoms with E-state index in [1.807, 2.05) is 5.38 Å². The Balaban J connectivity index is 1.73. The first-order valence-corrected chi connectivity index (χ1v) is 7.38. The van der Waals surface area contributed by atoms with Crippen LogP contribution >= 0.6 is 11.3 Å². The molecule has 0 aromatic carbocycles. The molecule has 1 amide bonds. The van der Waals surface area contributed by atoms with Crippen molar-refractivity contribution in [2.75, 3.05) is 31.9 Å². The predicted molar refractivity (Wildman–Crippen MR) is 75.9 cm³/mol. The van der Waals surface area contributed by atoms with E-state index in [9.17, 15) is 4.79 Å². The number of likely N-dealkylation sites (tertiary alicyclic amines) is 1. The molecular formula is C13H21N3OS. The molecular weight excluding hydrogens is 246 g/mol. The predicted octanol–water partition coefficient (Wildman–Crippen LogP) is 1.79. The number of carbonyl (C=O) groups excluding carboxylic acids is 1. The zero-order valence-electron chi connectivity index (χ0n) is 10.8. The molecule has 4 nitrogen and oxygen atoms in total. The average Bonchev–Trinajstić information content (AvgIpc) is 2.97. The summed E-state index contributed by atoms with van der Waals surface area (Å²) in [7, 11) is 0. The Hall–Kier alpha value is -1.07. The van der Waals surface area contributed by atoms with Crippen molar-refractivity contribution in [3.63, 3.8) is 0 Å². The lowest BCUT2D eigenvalue weighted by molar-refractivity contribution is 0.0950. The van der Waals surface area contributed by atoms with Gasteiger partial charge in [-0.2, -0.15) is 0 Å². The fourth-order valence-corrected chi connectivity index (χ4v) is 3.06. The number of thiophene rings is 1. The molecule has 5 heteroatoms. The van der Waals surface area contributed by atoms with Gasteiger partial charge < -0.3 is 16.0 Å². The van der Waals surface area contributed by atoms with E-state index in [1.165, 1.54) is 37.3 Å². The van der Waals surface area contributed by atoms with Crippen LogP contribution < -0.4 is 11.1 Å². The number of anilines is 1. The summed E-state index contributed by atoms with van der Waals surface area (Å²) in [4.78, 5) is 15.0. The van der Waals surface area contributed by atoms with Crippen LogP contribution in [0.1, 0.15) is 29.4 Å². The molecule has 1 fully saturated rings. The van der Waals surface area contributed by atoms with Crippen molar-refractivity contribution in [3.8, 4) is 0 Å². The average molecular weight is 267 g/mol. The van der Waals surface area contributed by atoms with Gasteiger partial charge in [0.05, 0.1) is 5.69 Å².